The number of halogens is 1. The highest BCUT2D eigenvalue weighted by Crippen LogP contribution is 2.23. The molecular formula is C20H21FN2O2. The number of carbonyl (C=O) groups is 1. The van der Waals surface area contributed by atoms with Crippen molar-refractivity contribution in [2.45, 2.75) is 32.4 Å². The summed E-state index contributed by atoms with van der Waals surface area (Å²) in [5.41, 5.74) is 3.61. The summed E-state index contributed by atoms with van der Waals surface area (Å²) in [6, 6.07) is 11.1. The summed E-state index contributed by atoms with van der Waals surface area (Å²) < 4.78 is 13.0. The average molecular weight is 340 g/mol. The van der Waals surface area contributed by atoms with E-state index in [0.29, 0.717) is 5.56 Å². The van der Waals surface area contributed by atoms with E-state index in [1.54, 1.807) is 6.92 Å². The first-order chi connectivity index (χ1) is 12.0. The van der Waals surface area contributed by atoms with Gasteiger partial charge in [0.05, 0.1) is 18.6 Å². The SMILES string of the molecule is Cc1cccc2[nH]cc(CC(=O)NC(C)C(O)c3ccc(F)cc3)c12. The van der Waals surface area contributed by atoms with Gasteiger partial charge in [-0.1, -0.05) is 24.3 Å². The van der Waals surface area contributed by atoms with Crippen LogP contribution < -0.4 is 5.32 Å². The molecular weight excluding hydrogens is 319 g/mol. The van der Waals surface area contributed by atoms with Crippen LogP contribution in [0.15, 0.2) is 48.7 Å². The molecule has 1 amide bonds. The van der Waals surface area contributed by atoms with E-state index in [2.05, 4.69) is 10.3 Å². The maximum absolute atomic E-state index is 13.0. The number of rotatable bonds is 5. The Hall–Kier alpha value is -2.66. The van der Waals surface area contributed by atoms with Crippen molar-refractivity contribution in [1.29, 1.82) is 0 Å². The molecule has 2 aromatic carbocycles. The molecule has 0 saturated carbocycles. The first-order valence-electron chi connectivity index (χ1n) is 8.24. The van der Waals surface area contributed by atoms with Gasteiger partial charge in [-0.3, -0.25) is 4.79 Å². The van der Waals surface area contributed by atoms with E-state index in [1.165, 1.54) is 24.3 Å². The van der Waals surface area contributed by atoms with Gasteiger partial charge >= 0.3 is 0 Å². The van der Waals surface area contributed by atoms with Crippen molar-refractivity contribution in [2.24, 2.45) is 0 Å². The number of carbonyl (C=O) groups excluding carboxylic acids is 1. The van der Waals surface area contributed by atoms with Crippen molar-refractivity contribution in [2.75, 3.05) is 0 Å². The Morgan fingerprint density at radius 2 is 1.96 bits per heavy atom. The number of amides is 1. The van der Waals surface area contributed by atoms with Gasteiger partial charge in [0, 0.05) is 17.1 Å². The molecule has 0 radical (unpaired) electrons. The van der Waals surface area contributed by atoms with Crippen LogP contribution >= 0.6 is 0 Å². The van der Waals surface area contributed by atoms with Gasteiger partial charge in [-0.25, -0.2) is 4.39 Å². The number of aliphatic hydroxyl groups is 1. The number of aliphatic hydroxyl groups excluding tert-OH is 1. The van der Waals surface area contributed by atoms with Gasteiger partial charge in [-0.15, -0.1) is 0 Å². The summed E-state index contributed by atoms with van der Waals surface area (Å²) >= 11 is 0. The number of benzene rings is 2. The van der Waals surface area contributed by atoms with Crippen LogP contribution in [0.5, 0.6) is 0 Å². The van der Waals surface area contributed by atoms with E-state index in [0.717, 1.165) is 22.0 Å². The summed E-state index contributed by atoms with van der Waals surface area (Å²) in [7, 11) is 0. The smallest absolute Gasteiger partial charge is 0.224 e. The Bertz CT molecular complexity index is 886. The molecule has 3 aromatic rings. The molecule has 0 bridgehead atoms. The first-order valence-corrected chi connectivity index (χ1v) is 8.24. The molecule has 5 heteroatoms. The number of H-pyrrole nitrogens is 1. The lowest BCUT2D eigenvalue weighted by Crippen LogP contribution is -2.37. The summed E-state index contributed by atoms with van der Waals surface area (Å²) in [4.78, 5) is 15.5. The van der Waals surface area contributed by atoms with Gasteiger partial charge in [-0.2, -0.15) is 0 Å². The minimum atomic E-state index is -0.894. The fourth-order valence-corrected chi connectivity index (χ4v) is 3.10. The van der Waals surface area contributed by atoms with Gasteiger partial charge in [0.25, 0.3) is 0 Å². The summed E-state index contributed by atoms with van der Waals surface area (Å²) in [5, 5.41) is 14.2. The molecule has 0 aliphatic heterocycles. The zero-order valence-corrected chi connectivity index (χ0v) is 14.2. The molecule has 3 N–H and O–H groups in total. The third-order valence-electron chi connectivity index (χ3n) is 4.42. The van der Waals surface area contributed by atoms with Crippen LogP contribution in [0.25, 0.3) is 10.9 Å². The topological polar surface area (TPSA) is 65.1 Å². The predicted octanol–water partition coefficient (Wildman–Crippen LogP) is 3.40. The molecule has 0 saturated heterocycles. The normalized spacial score (nSPS) is 13.6. The fourth-order valence-electron chi connectivity index (χ4n) is 3.10. The Morgan fingerprint density at radius 1 is 1.24 bits per heavy atom. The van der Waals surface area contributed by atoms with Gasteiger partial charge in [0.1, 0.15) is 5.82 Å². The quantitative estimate of drug-likeness (QED) is 0.666. The monoisotopic (exact) mass is 340 g/mol. The number of aromatic nitrogens is 1. The molecule has 1 heterocycles. The molecule has 0 aliphatic rings. The maximum Gasteiger partial charge on any atom is 0.224 e. The lowest BCUT2D eigenvalue weighted by Gasteiger charge is -2.20. The van der Waals surface area contributed by atoms with Crippen LogP contribution in [-0.4, -0.2) is 22.0 Å². The Morgan fingerprint density at radius 3 is 2.68 bits per heavy atom. The van der Waals surface area contributed by atoms with Crippen LogP contribution in [0.1, 0.15) is 29.7 Å². The number of fused-ring (bicyclic) bond motifs is 1. The van der Waals surface area contributed by atoms with Crippen molar-refractivity contribution in [3.63, 3.8) is 0 Å². The van der Waals surface area contributed by atoms with Crippen LogP contribution in [0, 0.1) is 12.7 Å². The average Bonchev–Trinajstić information content (AvgIpc) is 2.99. The molecule has 0 aliphatic carbocycles. The number of hydrogen-bond acceptors (Lipinski definition) is 2. The zero-order valence-electron chi connectivity index (χ0n) is 14.2. The Kier molecular flexibility index (Phi) is 4.86. The number of nitrogens with one attached hydrogen (secondary N) is 2. The van der Waals surface area contributed by atoms with Gasteiger partial charge < -0.3 is 15.4 Å². The fraction of sp³-hybridized carbons (Fsp3) is 0.250. The maximum atomic E-state index is 13.0. The molecule has 3 rings (SSSR count). The van der Waals surface area contributed by atoms with Crippen molar-refractivity contribution >= 4 is 16.8 Å². The molecule has 0 fully saturated rings. The lowest BCUT2D eigenvalue weighted by molar-refractivity contribution is -0.121. The largest absolute Gasteiger partial charge is 0.386 e. The second kappa shape index (κ2) is 7.07. The number of hydrogen-bond donors (Lipinski definition) is 3. The zero-order chi connectivity index (χ0) is 18.0. The minimum absolute atomic E-state index is 0.169. The van der Waals surface area contributed by atoms with E-state index in [4.69, 9.17) is 0 Å². The van der Waals surface area contributed by atoms with Gasteiger partial charge in [0.2, 0.25) is 5.91 Å². The van der Waals surface area contributed by atoms with Crippen LogP contribution in [0.4, 0.5) is 4.39 Å². The van der Waals surface area contributed by atoms with Crippen molar-refractivity contribution in [1.82, 2.24) is 10.3 Å². The lowest BCUT2D eigenvalue weighted by atomic mass is 10.0. The van der Waals surface area contributed by atoms with E-state index < -0.39 is 12.1 Å². The molecule has 4 nitrogen and oxygen atoms in total. The highest BCUT2D eigenvalue weighted by molar-refractivity contribution is 5.91. The minimum Gasteiger partial charge on any atom is -0.386 e. The van der Waals surface area contributed by atoms with E-state index in [9.17, 15) is 14.3 Å². The molecule has 1 aromatic heterocycles. The van der Waals surface area contributed by atoms with Crippen LogP contribution in [0.3, 0.4) is 0 Å². The summed E-state index contributed by atoms with van der Waals surface area (Å²) in [6.07, 6.45) is 1.18. The Labute approximate surface area is 145 Å². The van der Waals surface area contributed by atoms with Crippen LogP contribution in [0.2, 0.25) is 0 Å². The predicted molar refractivity (Wildman–Crippen MR) is 95.7 cm³/mol. The van der Waals surface area contributed by atoms with Crippen molar-refractivity contribution < 1.29 is 14.3 Å². The van der Waals surface area contributed by atoms with E-state index >= 15 is 0 Å². The first kappa shape index (κ1) is 17.2. The molecule has 25 heavy (non-hydrogen) atoms. The molecule has 0 spiro atoms. The highest BCUT2D eigenvalue weighted by atomic mass is 19.1. The summed E-state index contributed by atoms with van der Waals surface area (Å²) in [5.74, 6) is -0.528. The van der Waals surface area contributed by atoms with E-state index in [-0.39, 0.29) is 18.1 Å². The molecule has 130 valence electrons. The van der Waals surface area contributed by atoms with Gasteiger partial charge in [0.15, 0.2) is 0 Å². The molecule has 2 atom stereocenters. The van der Waals surface area contributed by atoms with Crippen LogP contribution in [-0.2, 0) is 11.2 Å². The Balaban J connectivity index is 1.68. The third-order valence-corrected chi connectivity index (χ3v) is 4.42. The molecule has 2 unspecified atom stereocenters. The third kappa shape index (κ3) is 3.72. The standard InChI is InChI=1S/C20H21FN2O2/c1-12-4-3-5-17-19(12)15(11-22-17)10-18(24)23-13(2)20(25)14-6-8-16(21)9-7-14/h3-9,11,13,20,22,25H,10H2,1-2H3,(H,23,24). The summed E-state index contributed by atoms with van der Waals surface area (Å²) in [6.45, 7) is 3.74. The van der Waals surface area contributed by atoms with Gasteiger partial charge in [-0.05, 0) is 48.7 Å². The second-order valence-electron chi connectivity index (χ2n) is 6.34. The van der Waals surface area contributed by atoms with Crippen molar-refractivity contribution in [3.8, 4) is 0 Å². The number of aromatic amines is 1. The second-order valence-corrected chi connectivity index (χ2v) is 6.34. The number of aryl methyl sites for hydroxylation is 1. The highest BCUT2D eigenvalue weighted by Gasteiger charge is 2.19. The van der Waals surface area contributed by atoms with E-state index in [1.807, 2.05) is 31.3 Å². The van der Waals surface area contributed by atoms with Crippen molar-refractivity contribution in [3.05, 3.63) is 71.2 Å².